The van der Waals surface area contributed by atoms with Crippen LogP contribution in [-0.4, -0.2) is 22.7 Å². The number of hydrazine groups is 1. The third-order valence-electron chi connectivity index (χ3n) is 1.34. The minimum absolute atomic E-state index is 0.0671. The first kappa shape index (κ1) is 12.4. The van der Waals surface area contributed by atoms with Crippen LogP contribution in [0.1, 0.15) is 17.3 Å². The summed E-state index contributed by atoms with van der Waals surface area (Å²) in [6.45, 7) is 2.79. The molecule has 14 heavy (non-hydrogen) atoms. The Morgan fingerprint density at radius 3 is 2.29 bits per heavy atom. The lowest BCUT2D eigenvalue weighted by Gasteiger charge is -1.95. The van der Waals surface area contributed by atoms with Crippen molar-refractivity contribution < 1.29 is 15.0 Å². The molecule has 0 radical (unpaired) electrons. The van der Waals surface area contributed by atoms with E-state index in [1.807, 2.05) is 6.92 Å². The lowest BCUT2D eigenvalue weighted by Crippen LogP contribution is -2.20. The maximum atomic E-state index is 10.3. The van der Waals surface area contributed by atoms with Gasteiger partial charge >= 0.3 is 5.97 Å². The molecule has 0 aromatic heterocycles. The normalized spacial score (nSPS) is 8.71. The number of aromatic carboxylic acids is 1. The molecule has 1 aromatic rings. The molecule has 0 spiro atoms. The Balaban J connectivity index is 0.000000364. The van der Waals surface area contributed by atoms with Crippen LogP contribution in [0.4, 0.5) is 0 Å². The topological polar surface area (TPSA) is 95.6 Å². The Bertz CT molecular complexity index is 287. The van der Waals surface area contributed by atoms with Crippen molar-refractivity contribution in [2.24, 2.45) is 5.84 Å². The van der Waals surface area contributed by atoms with Crippen molar-refractivity contribution in [2.45, 2.75) is 6.92 Å². The molecule has 1 aromatic carbocycles. The number of phenols is 1. The van der Waals surface area contributed by atoms with Crippen molar-refractivity contribution in [2.75, 3.05) is 6.54 Å². The lowest BCUT2D eigenvalue weighted by atomic mass is 10.2. The van der Waals surface area contributed by atoms with Crippen molar-refractivity contribution in [1.82, 2.24) is 5.43 Å². The monoisotopic (exact) mass is 198 g/mol. The number of hydrogen-bond donors (Lipinski definition) is 4. The Kier molecular flexibility index (Phi) is 6.09. The smallest absolute Gasteiger partial charge is 0.339 e. The molecule has 5 nitrogen and oxygen atoms in total. The fourth-order valence-corrected chi connectivity index (χ4v) is 0.654. The van der Waals surface area contributed by atoms with Gasteiger partial charge in [-0.1, -0.05) is 19.1 Å². The average molecular weight is 198 g/mol. The zero-order valence-electron chi connectivity index (χ0n) is 7.90. The first-order valence-electron chi connectivity index (χ1n) is 4.08. The molecule has 0 aliphatic heterocycles. The number of carbonyl (C=O) groups is 1. The van der Waals surface area contributed by atoms with Gasteiger partial charge in [-0.2, -0.15) is 0 Å². The van der Waals surface area contributed by atoms with Crippen molar-refractivity contribution >= 4 is 5.97 Å². The molecule has 1 rings (SSSR count). The number of benzene rings is 1. The van der Waals surface area contributed by atoms with E-state index in [0.717, 1.165) is 6.54 Å². The number of carboxylic acids is 1. The van der Waals surface area contributed by atoms with Crippen LogP contribution in [0, 0.1) is 0 Å². The maximum Gasteiger partial charge on any atom is 0.339 e. The molecular weight excluding hydrogens is 184 g/mol. The first-order valence-corrected chi connectivity index (χ1v) is 4.08. The van der Waals surface area contributed by atoms with Gasteiger partial charge < -0.3 is 10.2 Å². The predicted molar refractivity (Wildman–Crippen MR) is 52.9 cm³/mol. The molecule has 0 amide bonds. The van der Waals surface area contributed by atoms with E-state index in [1.54, 1.807) is 12.1 Å². The molecule has 0 saturated carbocycles. The third-order valence-corrected chi connectivity index (χ3v) is 1.34. The number of nitrogens with one attached hydrogen (secondary N) is 1. The quantitative estimate of drug-likeness (QED) is 0.411. The molecular formula is C9H14N2O3. The molecule has 0 saturated heterocycles. The summed E-state index contributed by atoms with van der Waals surface area (Å²) < 4.78 is 0. The summed E-state index contributed by atoms with van der Waals surface area (Å²) in [5.41, 5.74) is 2.36. The van der Waals surface area contributed by atoms with E-state index in [2.05, 4.69) is 5.43 Å². The summed E-state index contributed by atoms with van der Waals surface area (Å²) in [6, 6.07) is 5.81. The van der Waals surface area contributed by atoms with Gasteiger partial charge in [-0.25, -0.2) is 4.79 Å². The van der Waals surface area contributed by atoms with Crippen LogP contribution >= 0.6 is 0 Å². The van der Waals surface area contributed by atoms with Gasteiger partial charge in [-0.15, -0.1) is 0 Å². The highest BCUT2D eigenvalue weighted by Crippen LogP contribution is 2.14. The fraction of sp³-hybridized carbons (Fsp3) is 0.222. The van der Waals surface area contributed by atoms with Crippen molar-refractivity contribution in [3.63, 3.8) is 0 Å². The second-order valence-electron chi connectivity index (χ2n) is 2.38. The maximum absolute atomic E-state index is 10.3. The molecule has 0 atom stereocenters. The van der Waals surface area contributed by atoms with Crippen LogP contribution in [0.2, 0.25) is 0 Å². The highest BCUT2D eigenvalue weighted by Gasteiger charge is 2.05. The van der Waals surface area contributed by atoms with Gasteiger partial charge in [-0.05, 0) is 12.1 Å². The van der Waals surface area contributed by atoms with Crippen molar-refractivity contribution in [3.8, 4) is 5.75 Å². The van der Waals surface area contributed by atoms with Crippen LogP contribution in [-0.2, 0) is 0 Å². The Labute approximate surface area is 82.1 Å². The molecule has 0 aliphatic rings. The summed E-state index contributed by atoms with van der Waals surface area (Å²) in [6.07, 6.45) is 0. The zero-order chi connectivity index (χ0) is 11.0. The highest BCUT2D eigenvalue weighted by atomic mass is 16.4. The van der Waals surface area contributed by atoms with E-state index in [4.69, 9.17) is 16.1 Å². The first-order chi connectivity index (χ1) is 6.63. The molecule has 0 fully saturated rings. The van der Waals surface area contributed by atoms with Crippen LogP contribution < -0.4 is 11.3 Å². The third kappa shape index (κ3) is 4.44. The fourth-order valence-electron chi connectivity index (χ4n) is 0.654. The number of aromatic hydroxyl groups is 1. The SMILES string of the molecule is CCNN.O=C(O)c1ccccc1O. The van der Waals surface area contributed by atoms with Crippen LogP contribution in [0.3, 0.4) is 0 Å². The summed E-state index contributed by atoms with van der Waals surface area (Å²) >= 11 is 0. The van der Waals surface area contributed by atoms with Gasteiger partial charge in [0.15, 0.2) is 0 Å². The van der Waals surface area contributed by atoms with Gasteiger partial charge in [0.05, 0.1) is 0 Å². The molecule has 5 heteroatoms. The number of rotatable bonds is 2. The molecule has 0 heterocycles. The highest BCUT2D eigenvalue weighted by molar-refractivity contribution is 5.90. The minimum Gasteiger partial charge on any atom is -0.507 e. The summed E-state index contributed by atoms with van der Waals surface area (Å²) in [7, 11) is 0. The minimum atomic E-state index is -1.11. The number of hydrogen-bond acceptors (Lipinski definition) is 4. The Morgan fingerprint density at radius 2 is 2.00 bits per heavy atom. The van der Waals surface area contributed by atoms with Gasteiger partial charge in [0, 0.05) is 6.54 Å². The van der Waals surface area contributed by atoms with Crippen LogP contribution in [0.5, 0.6) is 5.75 Å². The van der Waals surface area contributed by atoms with E-state index in [0.29, 0.717) is 0 Å². The van der Waals surface area contributed by atoms with E-state index in [1.165, 1.54) is 12.1 Å². The Hall–Kier alpha value is -1.59. The van der Waals surface area contributed by atoms with Crippen LogP contribution in [0.25, 0.3) is 0 Å². The predicted octanol–water partition coefficient (Wildman–Crippen LogP) is 0.560. The summed E-state index contributed by atoms with van der Waals surface area (Å²) in [5, 5.41) is 17.3. The Morgan fingerprint density at radius 1 is 1.50 bits per heavy atom. The number of nitrogens with two attached hydrogens (primary N) is 1. The number of para-hydroxylation sites is 1. The number of carboxylic acid groups (broad SMARTS) is 1. The molecule has 0 unspecified atom stereocenters. The molecule has 0 bridgehead atoms. The van der Waals surface area contributed by atoms with Crippen molar-refractivity contribution in [3.05, 3.63) is 29.8 Å². The van der Waals surface area contributed by atoms with Gasteiger partial charge in [-0.3, -0.25) is 11.3 Å². The second kappa shape index (κ2) is 6.88. The lowest BCUT2D eigenvalue weighted by molar-refractivity contribution is 0.0694. The largest absolute Gasteiger partial charge is 0.507 e. The van der Waals surface area contributed by atoms with E-state index < -0.39 is 5.97 Å². The molecule has 0 aliphatic carbocycles. The second-order valence-corrected chi connectivity index (χ2v) is 2.38. The van der Waals surface area contributed by atoms with Crippen LogP contribution in [0.15, 0.2) is 24.3 Å². The van der Waals surface area contributed by atoms with Gasteiger partial charge in [0.25, 0.3) is 0 Å². The van der Waals surface area contributed by atoms with E-state index >= 15 is 0 Å². The summed E-state index contributed by atoms with van der Waals surface area (Å²) in [4.78, 5) is 10.3. The molecule has 78 valence electrons. The zero-order valence-corrected chi connectivity index (χ0v) is 7.90. The molecule has 5 N–H and O–H groups in total. The van der Waals surface area contributed by atoms with Gasteiger partial charge in [0.1, 0.15) is 11.3 Å². The summed E-state index contributed by atoms with van der Waals surface area (Å²) in [5.74, 6) is 3.47. The van der Waals surface area contributed by atoms with E-state index in [-0.39, 0.29) is 11.3 Å². The average Bonchev–Trinajstić information content (AvgIpc) is 2.18. The standard InChI is InChI=1S/C7H6O3.C2H8N2/c8-6-4-2-1-3-5(6)7(9)10;1-2-4-3/h1-4,8H,(H,9,10);4H,2-3H2,1H3. The van der Waals surface area contributed by atoms with E-state index in [9.17, 15) is 4.79 Å². The van der Waals surface area contributed by atoms with Gasteiger partial charge in [0.2, 0.25) is 0 Å². The van der Waals surface area contributed by atoms with Crippen molar-refractivity contribution in [1.29, 1.82) is 0 Å².